The van der Waals surface area contributed by atoms with E-state index in [2.05, 4.69) is 11.6 Å². The van der Waals surface area contributed by atoms with Gasteiger partial charge in [-0.05, 0) is 55.2 Å². The molecule has 0 radical (unpaired) electrons. The third kappa shape index (κ3) is 4.82. The van der Waals surface area contributed by atoms with E-state index in [1.807, 2.05) is 43.3 Å². The molecule has 0 aliphatic rings. The van der Waals surface area contributed by atoms with E-state index >= 15 is 0 Å². The second-order valence-electron chi connectivity index (χ2n) is 5.87. The maximum absolute atomic E-state index is 12.6. The van der Waals surface area contributed by atoms with E-state index in [1.54, 1.807) is 19.2 Å². The van der Waals surface area contributed by atoms with E-state index in [-0.39, 0.29) is 10.9 Å². The number of sulfonamides is 1. The van der Waals surface area contributed by atoms with Gasteiger partial charge in [-0.3, -0.25) is 0 Å². The Bertz CT molecular complexity index is 754. The molecular formula is C19H25NO3S. The minimum absolute atomic E-state index is 0.289. The van der Waals surface area contributed by atoms with E-state index in [0.717, 1.165) is 30.4 Å². The Morgan fingerprint density at radius 3 is 2.46 bits per heavy atom. The molecule has 2 aromatic carbocycles. The van der Waals surface area contributed by atoms with Crippen LogP contribution in [0.25, 0.3) is 0 Å². The lowest BCUT2D eigenvalue weighted by atomic mass is 10.1. The summed E-state index contributed by atoms with van der Waals surface area (Å²) < 4.78 is 33.0. The van der Waals surface area contributed by atoms with Crippen LogP contribution in [0, 0.1) is 0 Å². The Balaban J connectivity index is 2.12. The fourth-order valence-corrected chi connectivity index (χ4v) is 3.73. The molecule has 0 spiro atoms. The number of hydrogen-bond acceptors (Lipinski definition) is 3. The SMILES string of the molecule is CCCCc1ccc(S(=O)(=O)NC(C)c2cccc(OC)c2)cc1. The summed E-state index contributed by atoms with van der Waals surface area (Å²) in [4.78, 5) is 0.289. The minimum Gasteiger partial charge on any atom is -0.497 e. The molecule has 1 N–H and O–H groups in total. The molecule has 0 bridgehead atoms. The normalized spacial score (nSPS) is 12.8. The van der Waals surface area contributed by atoms with Gasteiger partial charge in [0.25, 0.3) is 0 Å². The minimum atomic E-state index is -3.56. The zero-order chi connectivity index (χ0) is 17.6. The first kappa shape index (κ1) is 18.5. The summed E-state index contributed by atoms with van der Waals surface area (Å²) >= 11 is 0. The van der Waals surface area contributed by atoms with Crippen molar-refractivity contribution in [1.29, 1.82) is 0 Å². The number of aryl methyl sites for hydroxylation is 1. The third-order valence-corrected chi connectivity index (χ3v) is 5.54. The van der Waals surface area contributed by atoms with Crippen molar-refractivity contribution in [2.24, 2.45) is 0 Å². The molecule has 0 amide bonds. The van der Waals surface area contributed by atoms with Crippen molar-refractivity contribution < 1.29 is 13.2 Å². The Hall–Kier alpha value is -1.85. The second kappa shape index (κ2) is 8.31. The molecule has 0 fully saturated rings. The number of ether oxygens (including phenoxy) is 1. The highest BCUT2D eigenvalue weighted by molar-refractivity contribution is 7.89. The van der Waals surface area contributed by atoms with E-state index in [9.17, 15) is 8.42 Å². The average Bonchev–Trinajstić information content (AvgIpc) is 2.60. The van der Waals surface area contributed by atoms with E-state index < -0.39 is 10.0 Å². The van der Waals surface area contributed by atoms with Crippen LogP contribution in [0.4, 0.5) is 0 Å². The molecule has 5 heteroatoms. The molecule has 1 unspecified atom stereocenters. The lowest BCUT2D eigenvalue weighted by molar-refractivity contribution is 0.413. The van der Waals surface area contributed by atoms with Gasteiger partial charge in [0.1, 0.15) is 5.75 Å². The van der Waals surface area contributed by atoms with Crippen molar-refractivity contribution in [1.82, 2.24) is 4.72 Å². The van der Waals surface area contributed by atoms with Gasteiger partial charge in [0, 0.05) is 6.04 Å². The van der Waals surface area contributed by atoms with E-state index in [1.165, 1.54) is 0 Å². The molecule has 1 atom stereocenters. The highest BCUT2D eigenvalue weighted by Gasteiger charge is 2.18. The smallest absolute Gasteiger partial charge is 0.241 e. The number of rotatable bonds is 8. The van der Waals surface area contributed by atoms with Gasteiger partial charge in [-0.25, -0.2) is 13.1 Å². The van der Waals surface area contributed by atoms with Gasteiger partial charge in [0.2, 0.25) is 10.0 Å². The average molecular weight is 347 g/mol. The molecule has 0 aromatic heterocycles. The number of nitrogens with one attached hydrogen (secondary N) is 1. The fourth-order valence-electron chi connectivity index (χ4n) is 2.50. The van der Waals surface area contributed by atoms with Gasteiger partial charge < -0.3 is 4.74 Å². The summed E-state index contributed by atoms with van der Waals surface area (Å²) in [5.41, 5.74) is 2.02. The quantitative estimate of drug-likeness (QED) is 0.783. The highest BCUT2D eigenvalue weighted by atomic mass is 32.2. The summed E-state index contributed by atoms with van der Waals surface area (Å²) in [6.07, 6.45) is 3.21. The van der Waals surface area contributed by atoms with Gasteiger partial charge in [0.15, 0.2) is 0 Å². The lowest BCUT2D eigenvalue weighted by Crippen LogP contribution is -2.26. The molecular weight excluding hydrogens is 322 g/mol. The highest BCUT2D eigenvalue weighted by Crippen LogP contribution is 2.21. The van der Waals surface area contributed by atoms with Crippen LogP contribution in [0.15, 0.2) is 53.4 Å². The standard InChI is InChI=1S/C19H25NO3S/c1-4-5-7-16-10-12-19(13-11-16)24(21,22)20-15(2)17-8-6-9-18(14-17)23-3/h6,8-15,20H,4-5,7H2,1-3H3. The third-order valence-electron chi connectivity index (χ3n) is 3.98. The van der Waals surface area contributed by atoms with E-state index in [0.29, 0.717) is 5.75 Å². The molecule has 0 aliphatic heterocycles. The maximum Gasteiger partial charge on any atom is 0.241 e. The zero-order valence-corrected chi connectivity index (χ0v) is 15.3. The van der Waals surface area contributed by atoms with Crippen LogP contribution >= 0.6 is 0 Å². The molecule has 0 saturated heterocycles. The number of methoxy groups -OCH3 is 1. The largest absolute Gasteiger partial charge is 0.497 e. The Kier molecular flexibility index (Phi) is 6.40. The summed E-state index contributed by atoms with van der Waals surface area (Å²) in [6, 6.07) is 14.2. The fraction of sp³-hybridized carbons (Fsp3) is 0.368. The Morgan fingerprint density at radius 2 is 1.83 bits per heavy atom. The Labute approximate surface area is 144 Å². The molecule has 4 nitrogen and oxygen atoms in total. The summed E-state index contributed by atoms with van der Waals surface area (Å²) in [5, 5.41) is 0. The maximum atomic E-state index is 12.6. The molecule has 2 rings (SSSR count). The zero-order valence-electron chi connectivity index (χ0n) is 14.5. The number of unbranched alkanes of at least 4 members (excludes halogenated alkanes) is 1. The molecule has 0 heterocycles. The van der Waals surface area contributed by atoms with Crippen LogP contribution in [0.1, 0.15) is 43.9 Å². The van der Waals surface area contributed by atoms with E-state index in [4.69, 9.17) is 4.74 Å². The van der Waals surface area contributed by atoms with Crippen LogP contribution in [-0.4, -0.2) is 15.5 Å². The summed E-state index contributed by atoms with van der Waals surface area (Å²) in [5.74, 6) is 0.707. The topological polar surface area (TPSA) is 55.4 Å². The first-order valence-corrected chi connectivity index (χ1v) is 9.70. The van der Waals surface area contributed by atoms with Gasteiger partial charge in [-0.15, -0.1) is 0 Å². The molecule has 24 heavy (non-hydrogen) atoms. The monoisotopic (exact) mass is 347 g/mol. The first-order valence-electron chi connectivity index (χ1n) is 8.21. The van der Waals surface area contributed by atoms with Crippen LogP contribution in [0.2, 0.25) is 0 Å². The van der Waals surface area contributed by atoms with Crippen LogP contribution in [0.3, 0.4) is 0 Å². The summed E-state index contributed by atoms with van der Waals surface area (Å²) in [6.45, 7) is 3.96. The molecule has 0 aliphatic carbocycles. The van der Waals surface area contributed by atoms with Gasteiger partial charge in [-0.1, -0.05) is 37.6 Å². The van der Waals surface area contributed by atoms with Gasteiger partial charge in [0.05, 0.1) is 12.0 Å². The van der Waals surface area contributed by atoms with Crippen LogP contribution < -0.4 is 9.46 Å². The summed E-state index contributed by atoms with van der Waals surface area (Å²) in [7, 11) is -1.96. The van der Waals surface area contributed by atoms with Crippen molar-refractivity contribution >= 4 is 10.0 Å². The van der Waals surface area contributed by atoms with Crippen molar-refractivity contribution in [3.63, 3.8) is 0 Å². The lowest BCUT2D eigenvalue weighted by Gasteiger charge is -2.15. The number of hydrogen-bond donors (Lipinski definition) is 1. The van der Waals surface area contributed by atoms with Crippen molar-refractivity contribution in [3.05, 3.63) is 59.7 Å². The Morgan fingerprint density at radius 1 is 1.12 bits per heavy atom. The van der Waals surface area contributed by atoms with Gasteiger partial charge >= 0.3 is 0 Å². The second-order valence-corrected chi connectivity index (χ2v) is 7.58. The molecule has 130 valence electrons. The number of benzene rings is 2. The predicted molar refractivity (Wildman–Crippen MR) is 96.8 cm³/mol. The first-order chi connectivity index (χ1) is 11.5. The van der Waals surface area contributed by atoms with Crippen LogP contribution in [0.5, 0.6) is 5.75 Å². The van der Waals surface area contributed by atoms with Crippen LogP contribution in [-0.2, 0) is 16.4 Å². The van der Waals surface area contributed by atoms with Crippen molar-refractivity contribution in [3.8, 4) is 5.75 Å². The predicted octanol–water partition coefficient (Wildman–Crippen LogP) is 4.08. The van der Waals surface area contributed by atoms with Crippen molar-refractivity contribution in [2.75, 3.05) is 7.11 Å². The van der Waals surface area contributed by atoms with Crippen molar-refractivity contribution in [2.45, 2.75) is 44.0 Å². The molecule has 2 aromatic rings. The van der Waals surface area contributed by atoms with Gasteiger partial charge in [-0.2, -0.15) is 0 Å². The molecule has 0 saturated carbocycles.